The Labute approximate surface area is 138 Å². The van der Waals surface area contributed by atoms with Gasteiger partial charge in [0.2, 0.25) is 0 Å². The molecule has 122 valence electrons. The van der Waals surface area contributed by atoms with Crippen LogP contribution in [0.2, 0.25) is 0 Å². The van der Waals surface area contributed by atoms with E-state index in [4.69, 9.17) is 4.74 Å². The van der Waals surface area contributed by atoms with Crippen molar-refractivity contribution in [1.82, 2.24) is 5.32 Å². The first-order chi connectivity index (χ1) is 11.2. The van der Waals surface area contributed by atoms with Crippen LogP contribution in [-0.4, -0.2) is 25.7 Å². The Kier molecular flexibility index (Phi) is 6.48. The Morgan fingerprint density at radius 3 is 2.61 bits per heavy atom. The summed E-state index contributed by atoms with van der Waals surface area (Å²) in [4.78, 5) is 14.0. The number of amides is 2. The monoisotopic (exact) mass is 312 g/mol. The number of rotatable bonds is 7. The van der Waals surface area contributed by atoms with Crippen molar-refractivity contribution in [3.8, 4) is 5.75 Å². The Hall–Kier alpha value is -2.49. The predicted octanol–water partition coefficient (Wildman–Crippen LogP) is 4.00. The maximum Gasteiger partial charge on any atom is 0.321 e. The van der Waals surface area contributed by atoms with Gasteiger partial charge in [-0.1, -0.05) is 30.3 Å². The van der Waals surface area contributed by atoms with Crippen LogP contribution in [0.3, 0.4) is 0 Å². The summed E-state index contributed by atoms with van der Waals surface area (Å²) in [6, 6.07) is 17.6. The number of anilines is 1. The molecular weight excluding hydrogens is 288 g/mol. The molecule has 23 heavy (non-hydrogen) atoms. The third-order valence-corrected chi connectivity index (χ3v) is 3.48. The summed E-state index contributed by atoms with van der Waals surface area (Å²) in [6.07, 6.45) is 0.770. The lowest BCUT2D eigenvalue weighted by Crippen LogP contribution is -2.40. The fraction of sp³-hybridized carbons (Fsp3) is 0.316. The fourth-order valence-electron chi connectivity index (χ4n) is 2.31. The number of benzene rings is 2. The highest BCUT2D eigenvalue weighted by Gasteiger charge is 2.12. The number of urea groups is 1. The van der Waals surface area contributed by atoms with Gasteiger partial charge in [-0.05, 0) is 50.1 Å². The number of nitrogens with zero attached hydrogens (tertiary/aromatic N) is 1. The lowest BCUT2D eigenvalue weighted by Gasteiger charge is -2.22. The predicted molar refractivity (Wildman–Crippen MR) is 94.2 cm³/mol. The minimum atomic E-state index is -0.0715. The third kappa shape index (κ3) is 5.33. The van der Waals surface area contributed by atoms with Crippen LogP contribution in [0.25, 0.3) is 0 Å². The molecule has 0 atom stereocenters. The molecule has 4 heteroatoms. The van der Waals surface area contributed by atoms with Crippen molar-refractivity contribution in [3.63, 3.8) is 0 Å². The van der Waals surface area contributed by atoms with Gasteiger partial charge in [-0.15, -0.1) is 0 Å². The van der Waals surface area contributed by atoms with E-state index in [9.17, 15) is 4.79 Å². The van der Waals surface area contributed by atoms with Gasteiger partial charge in [-0.3, -0.25) is 4.90 Å². The van der Waals surface area contributed by atoms with Gasteiger partial charge >= 0.3 is 6.03 Å². The fourth-order valence-corrected chi connectivity index (χ4v) is 2.31. The van der Waals surface area contributed by atoms with E-state index in [1.54, 1.807) is 4.90 Å². The smallest absolute Gasteiger partial charge is 0.321 e. The number of hydrogen-bond donors (Lipinski definition) is 1. The van der Waals surface area contributed by atoms with Crippen molar-refractivity contribution in [2.75, 3.05) is 24.6 Å². The number of aryl methyl sites for hydroxylation is 1. The van der Waals surface area contributed by atoms with Crippen molar-refractivity contribution >= 4 is 11.7 Å². The lowest BCUT2D eigenvalue weighted by molar-refractivity contribution is 0.244. The van der Waals surface area contributed by atoms with Crippen LogP contribution in [0, 0.1) is 6.92 Å². The summed E-state index contributed by atoms with van der Waals surface area (Å²) in [7, 11) is 0. The number of para-hydroxylation sites is 1. The van der Waals surface area contributed by atoms with Crippen molar-refractivity contribution in [2.45, 2.75) is 20.3 Å². The molecule has 2 aromatic rings. The Bertz CT molecular complexity index is 614. The molecule has 0 aliphatic carbocycles. The normalized spacial score (nSPS) is 10.2. The molecule has 0 aliphatic heterocycles. The van der Waals surface area contributed by atoms with Crippen molar-refractivity contribution in [1.29, 1.82) is 0 Å². The van der Waals surface area contributed by atoms with E-state index in [0.717, 1.165) is 23.4 Å². The van der Waals surface area contributed by atoms with Crippen LogP contribution < -0.4 is 15.0 Å². The van der Waals surface area contributed by atoms with E-state index in [0.29, 0.717) is 19.7 Å². The van der Waals surface area contributed by atoms with E-state index in [1.807, 2.05) is 68.4 Å². The molecule has 0 fully saturated rings. The van der Waals surface area contributed by atoms with Gasteiger partial charge in [0, 0.05) is 18.8 Å². The molecule has 0 heterocycles. The van der Waals surface area contributed by atoms with Crippen LogP contribution in [0.4, 0.5) is 10.5 Å². The molecule has 0 unspecified atom stereocenters. The molecular formula is C19H24N2O2. The zero-order valence-corrected chi connectivity index (χ0v) is 13.8. The summed E-state index contributed by atoms with van der Waals surface area (Å²) in [5, 5.41) is 2.94. The van der Waals surface area contributed by atoms with Gasteiger partial charge < -0.3 is 10.1 Å². The summed E-state index contributed by atoms with van der Waals surface area (Å²) >= 11 is 0. The highest BCUT2D eigenvalue weighted by Crippen LogP contribution is 2.15. The zero-order chi connectivity index (χ0) is 16.5. The number of carbonyl (C=O) groups excluding carboxylic acids is 1. The molecule has 4 nitrogen and oxygen atoms in total. The van der Waals surface area contributed by atoms with Crippen molar-refractivity contribution < 1.29 is 9.53 Å². The molecule has 0 bridgehead atoms. The Morgan fingerprint density at radius 1 is 1.13 bits per heavy atom. The Balaban J connectivity index is 1.75. The van der Waals surface area contributed by atoms with Gasteiger partial charge in [-0.2, -0.15) is 0 Å². The van der Waals surface area contributed by atoms with E-state index < -0.39 is 0 Å². The maximum atomic E-state index is 12.3. The molecule has 0 aliphatic rings. The second-order valence-electron chi connectivity index (χ2n) is 5.33. The summed E-state index contributed by atoms with van der Waals surface area (Å²) in [5.41, 5.74) is 2.07. The first-order valence-electron chi connectivity index (χ1n) is 8.00. The van der Waals surface area contributed by atoms with Gasteiger partial charge in [0.1, 0.15) is 5.75 Å². The number of carbonyl (C=O) groups is 1. The topological polar surface area (TPSA) is 41.6 Å². The molecule has 2 aromatic carbocycles. The average molecular weight is 312 g/mol. The second-order valence-corrected chi connectivity index (χ2v) is 5.33. The van der Waals surface area contributed by atoms with Gasteiger partial charge in [0.05, 0.1) is 6.61 Å². The SMILES string of the molecule is CCN(C(=O)NCCCOc1ccccc1)c1cccc(C)c1. The highest BCUT2D eigenvalue weighted by atomic mass is 16.5. The molecule has 0 saturated carbocycles. The van der Waals surface area contributed by atoms with Crippen LogP contribution in [0.15, 0.2) is 54.6 Å². The summed E-state index contributed by atoms with van der Waals surface area (Å²) < 4.78 is 5.61. The van der Waals surface area contributed by atoms with Gasteiger partial charge in [0.25, 0.3) is 0 Å². The highest BCUT2D eigenvalue weighted by molar-refractivity contribution is 5.91. The number of nitrogens with one attached hydrogen (secondary N) is 1. The Morgan fingerprint density at radius 2 is 1.91 bits per heavy atom. The van der Waals surface area contributed by atoms with E-state index in [2.05, 4.69) is 5.32 Å². The maximum absolute atomic E-state index is 12.3. The minimum absolute atomic E-state index is 0.0715. The molecule has 0 aromatic heterocycles. The first kappa shape index (κ1) is 16.9. The van der Waals surface area contributed by atoms with Crippen molar-refractivity contribution in [3.05, 3.63) is 60.2 Å². The molecule has 0 spiro atoms. The van der Waals surface area contributed by atoms with Crippen LogP contribution in [0.5, 0.6) is 5.75 Å². The molecule has 1 N–H and O–H groups in total. The van der Waals surface area contributed by atoms with Crippen LogP contribution in [-0.2, 0) is 0 Å². The second kappa shape index (κ2) is 8.83. The van der Waals surface area contributed by atoms with Crippen LogP contribution in [0.1, 0.15) is 18.9 Å². The van der Waals surface area contributed by atoms with Gasteiger partial charge in [0.15, 0.2) is 0 Å². The van der Waals surface area contributed by atoms with Crippen LogP contribution >= 0.6 is 0 Å². The molecule has 0 radical (unpaired) electrons. The molecule has 2 rings (SSSR count). The minimum Gasteiger partial charge on any atom is -0.494 e. The molecule has 2 amide bonds. The van der Waals surface area contributed by atoms with E-state index in [1.165, 1.54) is 0 Å². The number of ether oxygens (including phenoxy) is 1. The summed E-state index contributed by atoms with van der Waals surface area (Å²) in [6.45, 7) is 5.81. The van der Waals surface area contributed by atoms with Crippen molar-refractivity contribution in [2.24, 2.45) is 0 Å². The largest absolute Gasteiger partial charge is 0.494 e. The zero-order valence-electron chi connectivity index (χ0n) is 13.8. The summed E-state index contributed by atoms with van der Waals surface area (Å²) in [5.74, 6) is 0.855. The number of hydrogen-bond acceptors (Lipinski definition) is 2. The molecule has 0 saturated heterocycles. The van der Waals surface area contributed by atoms with E-state index >= 15 is 0 Å². The quantitative estimate of drug-likeness (QED) is 0.785. The third-order valence-electron chi connectivity index (χ3n) is 3.48. The van der Waals surface area contributed by atoms with Gasteiger partial charge in [-0.25, -0.2) is 4.79 Å². The first-order valence-corrected chi connectivity index (χ1v) is 8.00. The van der Waals surface area contributed by atoms with E-state index in [-0.39, 0.29) is 6.03 Å². The average Bonchev–Trinajstić information content (AvgIpc) is 2.56. The standard InChI is InChI=1S/C19H24N2O2/c1-3-21(17-10-7-9-16(2)15-17)19(22)20-13-8-14-23-18-11-5-4-6-12-18/h4-7,9-12,15H,3,8,13-14H2,1-2H3,(H,20,22). The lowest BCUT2D eigenvalue weighted by atomic mass is 10.2.